The maximum atomic E-state index is 5.38. The van der Waals surface area contributed by atoms with Gasteiger partial charge in [0.25, 0.3) is 0 Å². The Morgan fingerprint density at radius 2 is 1.92 bits per heavy atom. The van der Waals surface area contributed by atoms with Gasteiger partial charge < -0.3 is 10.6 Å². The molecular formula is C19H19N7. The largest absolute Gasteiger partial charge is 0.350 e. The van der Waals surface area contributed by atoms with Crippen molar-refractivity contribution in [1.29, 1.82) is 0 Å². The first-order valence-electron chi connectivity index (χ1n) is 8.54. The van der Waals surface area contributed by atoms with Gasteiger partial charge in [0.15, 0.2) is 5.82 Å². The fourth-order valence-electron chi connectivity index (χ4n) is 2.64. The van der Waals surface area contributed by atoms with Gasteiger partial charge in [-0.25, -0.2) is 0 Å². The number of aromatic nitrogens is 5. The van der Waals surface area contributed by atoms with Crippen molar-refractivity contribution in [3.63, 3.8) is 0 Å². The number of aryl methyl sites for hydroxylation is 1. The highest BCUT2D eigenvalue weighted by molar-refractivity contribution is 5.50. The van der Waals surface area contributed by atoms with Crippen LogP contribution in [-0.4, -0.2) is 25.1 Å². The minimum atomic E-state index is 0.469. The van der Waals surface area contributed by atoms with E-state index in [-0.39, 0.29) is 0 Å². The molecule has 7 heteroatoms. The molecule has 1 aliphatic rings. The lowest BCUT2D eigenvalue weighted by Crippen LogP contribution is -2.08. The molecule has 3 N–H and O–H groups in total. The summed E-state index contributed by atoms with van der Waals surface area (Å²) in [6, 6.07) is 9.81. The zero-order chi connectivity index (χ0) is 17.9. The molecule has 0 spiro atoms. The van der Waals surface area contributed by atoms with Crippen molar-refractivity contribution in [2.45, 2.75) is 32.2 Å². The van der Waals surface area contributed by atoms with Crippen molar-refractivity contribution in [2.24, 2.45) is 0 Å². The van der Waals surface area contributed by atoms with E-state index in [9.17, 15) is 0 Å². The summed E-state index contributed by atoms with van der Waals surface area (Å²) in [6.07, 6.45) is 7.83. The van der Waals surface area contributed by atoms with Crippen LogP contribution in [0.4, 0.5) is 17.7 Å². The number of hydrogen-bond donors (Lipinski definition) is 3. The Bertz CT molecular complexity index is 949. The zero-order valence-electron chi connectivity index (χ0n) is 14.5. The van der Waals surface area contributed by atoms with Crippen molar-refractivity contribution in [3.05, 3.63) is 53.0 Å². The Kier molecular flexibility index (Phi) is 4.23. The first-order chi connectivity index (χ1) is 12.7. The molecule has 0 atom stereocenters. The Morgan fingerprint density at radius 3 is 2.65 bits per heavy atom. The van der Waals surface area contributed by atoms with Crippen LogP contribution in [0.25, 0.3) is 0 Å². The highest BCUT2D eigenvalue weighted by Crippen LogP contribution is 2.39. The SMILES string of the molecule is C#Cc1ccc(CNc2nc(C)nc(Nc3cc(C4CC4)[nH]n3)n2)cc1. The van der Waals surface area contributed by atoms with Crippen LogP contribution in [-0.2, 0) is 6.54 Å². The third-order valence-electron chi connectivity index (χ3n) is 4.17. The second kappa shape index (κ2) is 6.84. The monoisotopic (exact) mass is 345 g/mol. The zero-order valence-corrected chi connectivity index (χ0v) is 14.5. The van der Waals surface area contributed by atoms with Crippen LogP contribution in [0.15, 0.2) is 30.3 Å². The highest BCUT2D eigenvalue weighted by atomic mass is 15.3. The Labute approximate surface area is 151 Å². The average molecular weight is 345 g/mol. The van der Waals surface area contributed by atoms with Crippen LogP contribution in [0.2, 0.25) is 0 Å². The van der Waals surface area contributed by atoms with Crippen LogP contribution in [0, 0.1) is 19.3 Å². The molecule has 130 valence electrons. The third kappa shape index (κ3) is 3.81. The summed E-state index contributed by atoms with van der Waals surface area (Å²) < 4.78 is 0. The molecular weight excluding hydrogens is 326 g/mol. The standard InChI is InChI=1S/C19H19N7/c1-3-13-4-6-14(7-5-13)11-20-18-21-12(2)22-19(24-18)23-17-10-16(25-26-17)15-8-9-15/h1,4-7,10,15H,8-9,11H2,2H3,(H3,20,21,22,23,24,25,26). The minimum Gasteiger partial charge on any atom is -0.350 e. The molecule has 1 aliphatic carbocycles. The second-order valence-corrected chi connectivity index (χ2v) is 6.33. The van der Waals surface area contributed by atoms with Gasteiger partial charge in [-0.05, 0) is 37.5 Å². The molecule has 4 rings (SSSR count). The molecule has 0 aliphatic heterocycles. The molecule has 0 saturated heterocycles. The van der Waals surface area contributed by atoms with Crippen molar-refractivity contribution in [1.82, 2.24) is 25.1 Å². The minimum absolute atomic E-state index is 0.469. The summed E-state index contributed by atoms with van der Waals surface area (Å²) in [5, 5.41) is 13.7. The molecule has 0 amide bonds. The van der Waals surface area contributed by atoms with E-state index in [2.05, 4.69) is 41.7 Å². The van der Waals surface area contributed by atoms with Gasteiger partial charge in [0, 0.05) is 29.8 Å². The molecule has 2 aromatic heterocycles. The lowest BCUT2D eigenvalue weighted by atomic mass is 10.1. The van der Waals surface area contributed by atoms with Gasteiger partial charge >= 0.3 is 0 Å². The summed E-state index contributed by atoms with van der Waals surface area (Å²) in [5.74, 6) is 5.56. The molecule has 1 saturated carbocycles. The maximum absolute atomic E-state index is 5.38. The topological polar surface area (TPSA) is 91.4 Å². The average Bonchev–Trinajstić information content (AvgIpc) is 3.40. The number of anilines is 3. The molecule has 1 aromatic carbocycles. The normalized spacial score (nSPS) is 13.2. The Morgan fingerprint density at radius 1 is 1.15 bits per heavy atom. The summed E-state index contributed by atoms with van der Waals surface area (Å²) in [5.41, 5.74) is 3.12. The van der Waals surface area contributed by atoms with Crippen LogP contribution < -0.4 is 10.6 Å². The van der Waals surface area contributed by atoms with Gasteiger partial charge in [-0.3, -0.25) is 5.10 Å². The van der Waals surface area contributed by atoms with Gasteiger partial charge in [-0.2, -0.15) is 20.1 Å². The lowest BCUT2D eigenvalue weighted by molar-refractivity contribution is 0.949. The number of nitrogens with zero attached hydrogens (tertiary/aromatic N) is 4. The van der Waals surface area contributed by atoms with Gasteiger partial charge in [0.2, 0.25) is 11.9 Å². The van der Waals surface area contributed by atoms with Crippen LogP contribution in [0.5, 0.6) is 0 Å². The van der Waals surface area contributed by atoms with Gasteiger partial charge in [-0.15, -0.1) is 6.42 Å². The number of rotatable bonds is 6. The van der Waals surface area contributed by atoms with E-state index in [0.717, 1.165) is 16.8 Å². The number of aromatic amines is 1. The van der Waals surface area contributed by atoms with Crippen molar-refractivity contribution in [2.75, 3.05) is 10.6 Å². The third-order valence-corrected chi connectivity index (χ3v) is 4.17. The quantitative estimate of drug-likeness (QED) is 0.595. The van der Waals surface area contributed by atoms with Gasteiger partial charge in [0.1, 0.15) is 5.82 Å². The lowest BCUT2D eigenvalue weighted by Gasteiger charge is -2.08. The number of benzene rings is 1. The van der Waals surface area contributed by atoms with Crippen LogP contribution in [0.3, 0.4) is 0 Å². The second-order valence-electron chi connectivity index (χ2n) is 6.33. The summed E-state index contributed by atoms with van der Waals surface area (Å²) >= 11 is 0. The van der Waals surface area contributed by atoms with E-state index in [0.29, 0.717) is 36.0 Å². The van der Waals surface area contributed by atoms with E-state index in [1.165, 1.54) is 12.8 Å². The summed E-state index contributed by atoms with van der Waals surface area (Å²) in [4.78, 5) is 13.1. The summed E-state index contributed by atoms with van der Waals surface area (Å²) in [7, 11) is 0. The smallest absolute Gasteiger partial charge is 0.233 e. The van der Waals surface area contributed by atoms with Crippen molar-refractivity contribution in [3.8, 4) is 12.3 Å². The molecule has 2 heterocycles. The van der Waals surface area contributed by atoms with Crippen molar-refractivity contribution >= 4 is 17.7 Å². The van der Waals surface area contributed by atoms with Gasteiger partial charge in [0.05, 0.1) is 0 Å². The van der Waals surface area contributed by atoms with Crippen LogP contribution >= 0.6 is 0 Å². The van der Waals surface area contributed by atoms with Crippen molar-refractivity contribution < 1.29 is 0 Å². The Hall–Kier alpha value is -3.40. The predicted molar refractivity (Wildman–Crippen MR) is 100 cm³/mol. The molecule has 0 bridgehead atoms. The first kappa shape index (κ1) is 16.1. The Balaban J connectivity index is 1.43. The first-order valence-corrected chi connectivity index (χ1v) is 8.54. The van der Waals surface area contributed by atoms with E-state index in [1.807, 2.05) is 37.3 Å². The van der Waals surface area contributed by atoms with E-state index in [4.69, 9.17) is 6.42 Å². The molecule has 0 radical (unpaired) electrons. The molecule has 3 aromatic rings. The molecule has 7 nitrogen and oxygen atoms in total. The molecule has 1 fully saturated rings. The van der Waals surface area contributed by atoms with E-state index < -0.39 is 0 Å². The number of hydrogen-bond acceptors (Lipinski definition) is 6. The number of H-pyrrole nitrogens is 1. The molecule has 0 unspecified atom stereocenters. The number of nitrogens with one attached hydrogen (secondary N) is 3. The fourth-order valence-corrected chi connectivity index (χ4v) is 2.64. The van der Waals surface area contributed by atoms with E-state index in [1.54, 1.807) is 0 Å². The van der Waals surface area contributed by atoms with Gasteiger partial charge in [-0.1, -0.05) is 18.1 Å². The fraction of sp³-hybridized carbons (Fsp3) is 0.263. The summed E-state index contributed by atoms with van der Waals surface area (Å²) in [6.45, 7) is 2.43. The predicted octanol–water partition coefficient (Wildman–Crippen LogP) is 3.12. The highest BCUT2D eigenvalue weighted by Gasteiger charge is 2.25. The van der Waals surface area contributed by atoms with Crippen LogP contribution in [0.1, 0.15) is 41.4 Å². The number of terminal acetylenes is 1. The maximum Gasteiger partial charge on any atom is 0.233 e. The molecule has 26 heavy (non-hydrogen) atoms. The van der Waals surface area contributed by atoms with E-state index >= 15 is 0 Å².